The van der Waals surface area contributed by atoms with Crippen molar-refractivity contribution < 1.29 is 24.3 Å². The van der Waals surface area contributed by atoms with Gasteiger partial charge in [0.25, 0.3) is 0 Å². The van der Waals surface area contributed by atoms with E-state index >= 15 is 0 Å². The van der Waals surface area contributed by atoms with Gasteiger partial charge in [-0.1, -0.05) is 30.3 Å². The van der Waals surface area contributed by atoms with Gasteiger partial charge >= 0.3 is 0 Å². The number of aromatic nitrogens is 1. The summed E-state index contributed by atoms with van der Waals surface area (Å²) in [5.74, 6) is -1.37. The second-order valence-electron chi connectivity index (χ2n) is 8.24. The molecule has 2 atom stereocenters. The number of carbonyl (C=O) groups is 4. The lowest BCUT2D eigenvalue weighted by Gasteiger charge is -2.19. The molecule has 2 aromatic carbocycles. The molecule has 184 valence electrons. The zero-order valence-electron chi connectivity index (χ0n) is 19.3. The Morgan fingerprint density at radius 3 is 2.43 bits per heavy atom. The number of rotatable bonds is 12. The summed E-state index contributed by atoms with van der Waals surface area (Å²) in [5.41, 5.74) is 2.81. The van der Waals surface area contributed by atoms with Crippen LogP contribution in [0.4, 0.5) is 0 Å². The number of hydrogen-bond donors (Lipinski definition) is 6. The van der Waals surface area contributed by atoms with Crippen molar-refractivity contribution in [2.75, 3.05) is 13.1 Å². The zero-order chi connectivity index (χ0) is 25.2. The maximum absolute atomic E-state index is 12.8. The summed E-state index contributed by atoms with van der Waals surface area (Å²) < 4.78 is 0. The van der Waals surface area contributed by atoms with E-state index in [4.69, 9.17) is 0 Å². The predicted octanol–water partition coefficient (Wildman–Crippen LogP) is 0.510. The standard InChI is InChI=1S/C25H29N5O5/c1-16(10-18-12-27-21-5-3-2-4-20(18)21)29-24(34)14-28-25(35)22(30-23(33)13-26-15-31)11-17-6-8-19(32)9-7-17/h2-9,12,15-16,22,27,32H,10-11,13-14H2,1H3,(H,26,31)(H,28,35)(H,29,34)(H,30,33)/t16-,22+/m1/s1. The number of benzene rings is 2. The number of phenolic OH excluding ortho intramolecular Hbond substituents is 1. The van der Waals surface area contributed by atoms with Crippen LogP contribution < -0.4 is 21.3 Å². The Bertz CT molecular complexity index is 1170. The Morgan fingerprint density at radius 2 is 1.69 bits per heavy atom. The number of phenols is 1. The van der Waals surface area contributed by atoms with Crippen LogP contribution in [0.2, 0.25) is 0 Å². The quantitative estimate of drug-likeness (QED) is 0.209. The number of H-pyrrole nitrogens is 1. The van der Waals surface area contributed by atoms with Gasteiger partial charge in [0.05, 0.1) is 13.1 Å². The number of aromatic amines is 1. The van der Waals surface area contributed by atoms with Crippen LogP contribution in [0.15, 0.2) is 54.7 Å². The highest BCUT2D eigenvalue weighted by Crippen LogP contribution is 2.19. The maximum atomic E-state index is 12.8. The lowest BCUT2D eigenvalue weighted by molar-refractivity contribution is -0.130. The monoisotopic (exact) mass is 479 g/mol. The average Bonchev–Trinajstić information content (AvgIpc) is 3.24. The number of amides is 4. The topological polar surface area (TPSA) is 152 Å². The van der Waals surface area contributed by atoms with Crippen LogP contribution in [-0.2, 0) is 32.0 Å². The first-order chi connectivity index (χ1) is 16.9. The maximum Gasteiger partial charge on any atom is 0.243 e. The fraction of sp³-hybridized carbons (Fsp3) is 0.280. The predicted molar refractivity (Wildman–Crippen MR) is 130 cm³/mol. The molecule has 0 saturated carbocycles. The number of aromatic hydroxyl groups is 1. The lowest BCUT2D eigenvalue weighted by Crippen LogP contribution is -2.52. The van der Waals surface area contributed by atoms with Gasteiger partial charge in [-0.05, 0) is 42.7 Å². The average molecular weight is 480 g/mol. The molecule has 3 aromatic rings. The van der Waals surface area contributed by atoms with Gasteiger partial charge < -0.3 is 31.4 Å². The molecule has 0 bridgehead atoms. The number of fused-ring (bicyclic) bond motifs is 1. The Morgan fingerprint density at radius 1 is 0.971 bits per heavy atom. The van der Waals surface area contributed by atoms with Crippen LogP contribution in [0.3, 0.4) is 0 Å². The first-order valence-electron chi connectivity index (χ1n) is 11.2. The van der Waals surface area contributed by atoms with E-state index in [1.165, 1.54) is 12.1 Å². The smallest absolute Gasteiger partial charge is 0.243 e. The minimum Gasteiger partial charge on any atom is -0.508 e. The van der Waals surface area contributed by atoms with E-state index in [1.807, 2.05) is 37.4 Å². The molecule has 6 N–H and O–H groups in total. The first kappa shape index (κ1) is 25.3. The second-order valence-corrected chi connectivity index (χ2v) is 8.24. The molecule has 10 heteroatoms. The van der Waals surface area contributed by atoms with Crippen molar-refractivity contribution in [3.05, 3.63) is 65.9 Å². The van der Waals surface area contributed by atoms with E-state index < -0.39 is 17.9 Å². The third-order valence-corrected chi connectivity index (χ3v) is 5.41. The van der Waals surface area contributed by atoms with Gasteiger partial charge in [0.1, 0.15) is 11.8 Å². The van der Waals surface area contributed by atoms with E-state index in [0.717, 1.165) is 16.5 Å². The first-order valence-corrected chi connectivity index (χ1v) is 11.2. The Hall–Kier alpha value is -4.34. The molecule has 0 spiro atoms. The van der Waals surface area contributed by atoms with Gasteiger partial charge in [-0.25, -0.2) is 0 Å². The van der Waals surface area contributed by atoms with Crippen LogP contribution in [0.25, 0.3) is 10.9 Å². The zero-order valence-corrected chi connectivity index (χ0v) is 19.3. The number of para-hydroxylation sites is 1. The summed E-state index contributed by atoms with van der Waals surface area (Å²) in [6, 6.07) is 13.0. The normalized spacial score (nSPS) is 12.4. The van der Waals surface area contributed by atoms with Crippen LogP contribution in [0, 0.1) is 0 Å². The second kappa shape index (κ2) is 12.2. The minimum atomic E-state index is -0.975. The Kier molecular flexibility index (Phi) is 8.82. The van der Waals surface area contributed by atoms with Crippen LogP contribution in [0.5, 0.6) is 5.75 Å². The number of carbonyl (C=O) groups excluding carboxylic acids is 4. The molecule has 0 aliphatic rings. The molecular weight excluding hydrogens is 450 g/mol. The Labute approximate surface area is 202 Å². The summed E-state index contributed by atoms with van der Waals surface area (Å²) in [7, 11) is 0. The fourth-order valence-electron chi connectivity index (χ4n) is 3.75. The third kappa shape index (κ3) is 7.60. The summed E-state index contributed by atoms with van der Waals surface area (Å²) in [5, 5.41) is 20.8. The molecule has 1 aromatic heterocycles. The van der Waals surface area contributed by atoms with Crippen molar-refractivity contribution in [1.29, 1.82) is 0 Å². The molecule has 0 fully saturated rings. The summed E-state index contributed by atoms with van der Waals surface area (Å²) in [6.07, 6.45) is 3.06. The van der Waals surface area contributed by atoms with Gasteiger partial charge in [0, 0.05) is 29.6 Å². The van der Waals surface area contributed by atoms with Gasteiger partial charge in [0.2, 0.25) is 24.1 Å². The van der Waals surface area contributed by atoms with E-state index in [-0.39, 0.29) is 37.2 Å². The van der Waals surface area contributed by atoms with Crippen molar-refractivity contribution in [1.82, 2.24) is 26.3 Å². The summed E-state index contributed by atoms with van der Waals surface area (Å²) in [4.78, 5) is 50.9. The molecule has 0 aliphatic carbocycles. The van der Waals surface area contributed by atoms with Crippen molar-refractivity contribution in [3.8, 4) is 5.75 Å². The summed E-state index contributed by atoms with van der Waals surface area (Å²) in [6.45, 7) is 1.34. The molecule has 4 amide bonds. The summed E-state index contributed by atoms with van der Waals surface area (Å²) >= 11 is 0. The van der Waals surface area contributed by atoms with Gasteiger partial charge in [-0.3, -0.25) is 19.2 Å². The SMILES string of the molecule is C[C@H](Cc1c[nH]c2ccccc12)NC(=O)CNC(=O)[C@H](Cc1ccc(O)cc1)NC(=O)CNC=O. The minimum absolute atomic E-state index is 0.0763. The van der Waals surface area contributed by atoms with Gasteiger partial charge in [-0.2, -0.15) is 0 Å². The molecule has 10 nitrogen and oxygen atoms in total. The highest BCUT2D eigenvalue weighted by molar-refractivity contribution is 5.91. The molecule has 0 radical (unpaired) electrons. The van der Waals surface area contributed by atoms with Crippen molar-refractivity contribution in [2.45, 2.75) is 31.8 Å². The molecule has 3 rings (SSSR count). The van der Waals surface area contributed by atoms with Gasteiger partial charge in [-0.15, -0.1) is 0 Å². The third-order valence-electron chi connectivity index (χ3n) is 5.41. The fourth-order valence-corrected chi connectivity index (χ4v) is 3.75. The molecule has 1 heterocycles. The van der Waals surface area contributed by atoms with Crippen LogP contribution in [-0.4, -0.2) is 59.4 Å². The molecule has 0 aliphatic heterocycles. The molecule has 0 saturated heterocycles. The van der Waals surface area contributed by atoms with E-state index in [9.17, 15) is 24.3 Å². The highest BCUT2D eigenvalue weighted by atomic mass is 16.3. The molecule has 35 heavy (non-hydrogen) atoms. The van der Waals surface area contributed by atoms with E-state index in [1.54, 1.807) is 12.1 Å². The van der Waals surface area contributed by atoms with Crippen molar-refractivity contribution in [3.63, 3.8) is 0 Å². The number of nitrogens with one attached hydrogen (secondary N) is 5. The van der Waals surface area contributed by atoms with Gasteiger partial charge in [0.15, 0.2) is 0 Å². The molecular formula is C25H29N5O5. The van der Waals surface area contributed by atoms with Crippen molar-refractivity contribution >= 4 is 35.0 Å². The Balaban J connectivity index is 1.54. The van der Waals surface area contributed by atoms with Crippen molar-refractivity contribution in [2.24, 2.45) is 0 Å². The van der Waals surface area contributed by atoms with E-state index in [2.05, 4.69) is 26.3 Å². The van der Waals surface area contributed by atoms with E-state index in [0.29, 0.717) is 18.4 Å². The largest absolute Gasteiger partial charge is 0.508 e. The van der Waals surface area contributed by atoms with Crippen LogP contribution in [0.1, 0.15) is 18.1 Å². The lowest BCUT2D eigenvalue weighted by atomic mass is 10.0. The number of hydrogen-bond acceptors (Lipinski definition) is 5. The highest BCUT2D eigenvalue weighted by Gasteiger charge is 2.22. The van der Waals surface area contributed by atoms with Crippen LogP contribution >= 0.6 is 0 Å². The molecule has 0 unspecified atom stereocenters.